The molecule has 2 aliphatic carbocycles. The van der Waals surface area contributed by atoms with Gasteiger partial charge in [0.1, 0.15) is 0 Å². The van der Waals surface area contributed by atoms with Crippen LogP contribution in [0.1, 0.15) is 27.8 Å². The molecule has 2 aromatic carbocycles. The molecule has 1 N–H and O–H groups in total. The molecule has 0 atom stereocenters. The number of hydrogen-bond acceptors (Lipinski definition) is 1. The van der Waals surface area contributed by atoms with E-state index < -0.39 is 5.97 Å². The van der Waals surface area contributed by atoms with E-state index in [1.165, 1.54) is 28.3 Å². The molecule has 0 saturated carbocycles. The summed E-state index contributed by atoms with van der Waals surface area (Å²) < 4.78 is 0. The Morgan fingerprint density at radius 1 is 0.909 bits per heavy atom. The maximum Gasteiger partial charge on any atom is 0.328 e. The summed E-state index contributed by atoms with van der Waals surface area (Å²) in [6, 6.07) is 15.1. The van der Waals surface area contributed by atoms with Gasteiger partial charge < -0.3 is 5.11 Å². The van der Waals surface area contributed by atoms with Crippen molar-refractivity contribution in [3.8, 4) is 0 Å². The summed E-state index contributed by atoms with van der Waals surface area (Å²) in [5.41, 5.74) is 7.15. The quantitative estimate of drug-likeness (QED) is 0.857. The third kappa shape index (κ3) is 2.25. The zero-order chi connectivity index (χ0) is 15.2. The number of aliphatic carboxylic acids is 1. The lowest BCUT2D eigenvalue weighted by Gasteiger charge is -2.21. The van der Waals surface area contributed by atoms with Crippen LogP contribution in [-0.2, 0) is 30.5 Å². The fourth-order valence-electron chi connectivity index (χ4n) is 4.15. The highest BCUT2D eigenvalue weighted by atomic mass is 16.4. The predicted molar refractivity (Wildman–Crippen MR) is 86.8 cm³/mol. The average molecular weight is 290 g/mol. The van der Waals surface area contributed by atoms with Crippen molar-refractivity contribution in [1.82, 2.24) is 0 Å². The first-order chi connectivity index (χ1) is 10.6. The number of carboxylic acids is 1. The summed E-state index contributed by atoms with van der Waals surface area (Å²) in [6.07, 6.45) is 7.46. The van der Waals surface area contributed by atoms with Crippen molar-refractivity contribution >= 4 is 12.0 Å². The molecule has 0 saturated heterocycles. The van der Waals surface area contributed by atoms with Crippen LogP contribution >= 0.6 is 0 Å². The average Bonchev–Trinajstić information content (AvgIpc) is 3.02. The molecule has 0 unspecified atom stereocenters. The van der Waals surface area contributed by atoms with E-state index in [9.17, 15) is 4.79 Å². The van der Waals surface area contributed by atoms with Crippen molar-refractivity contribution in [2.75, 3.05) is 0 Å². The molecule has 0 bridgehead atoms. The summed E-state index contributed by atoms with van der Waals surface area (Å²) in [5, 5.41) is 8.75. The maximum absolute atomic E-state index is 10.6. The summed E-state index contributed by atoms with van der Waals surface area (Å²) in [4.78, 5) is 10.6. The van der Waals surface area contributed by atoms with E-state index in [-0.39, 0.29) is 0 Å². The number of fused-ring (bicyclic) bond motifs is 2. The van der Waals surface area contributed by atoms with Crippen molar-refractivity contribution < 1.29 is 9.90 Å². The van der Waals surface area contributed by atoms with Crippen molar-refractivity contribution in [2.45, 2.75) is 25.7 Å². The molecule has 0 radical (unpaired) electrons. The highest BCUT2D eigenvalue weighted by Crippen LogP contribution is 2.47. The van der Waals surface area contributed by atoms with Crippen LogP contribution in [0.2, 0.25) is 0 Å². The van der Waals surface area contributed by atoms with Gasteiger partial charge in [-0.2, -0.15) is 0 Å². The molecular formula is C20H18O2. The van der Waals surface area contributed by atoms with E-state index in [2.05, 4.69) is 36.4 Å². The molecule has 0 heterocycles. The molecule has 2 heteroatoms. The van der Waals surface area contributed by atoms with Crippen molar-refractivity contribution in [3.63, 3.8) is 0 Å². The van der Waals surface area contributed by atoms with Gasteiger partial charge >= 0.3 is 5.97 Å². The minimum absolute atomic E-state index is 0.348. The minimum Gasteiger partial charge on any atom is -0.478 e. The van der Waals surface area contributed by atoms with Crippen LogP contribution in [0.3, 0.4) is 0 Å². The summed E-state index contributed by atoms with van der Waals surface area (Å²) in [7, 11) is 0. The zero-order valence-corrected chi connectivity index (χ0v) is 12.4. The van der Waals surface area contributed by atoms with Crippen molar-refractivity contribution in [3.05, 3.63) is 76.4 Å². The first kappa shape index (κ1) is 13.3. The third-order valence-electron chi connectivity index (χ3n) is 5.03. The lowest BCUT2D eigenvalue weighted by molar-refractivity contribution is -0.131. The normalized spacial score (nSPS) is 17.8. The Morgan fingerprint density at radius 2 is 1.50 bits per heavy atom. The van der Waals surface area contributed by atoms with Crippen LogP contribution in [0.15, 0.2) is 48.5 Å². The van der Waals surface area contributed by atoms with Crippen LogP contribution in [0.4, 0.5) is 0 Å². The highest BCUT2D eigenvalue weighted by Gasteiger charge is 2.41. The molecule has 2 aliphatic rings. The van der Waals surface area contributed by atoms with E-state index in [0.29, 0.717) is 5.41 Å². The topological polar surface area (TPSA) is 37.3 Å². The predicted octanol–water partition coefficient (Wildman–Crippen LogP) is 3.67. The van der Waals surface area contributed by atoms with Crippen LogP contribution in [0, 0.1) is 5.41 Å². The van der Waals surface area contributed by atoms with Crippen LogP contribution < -0.4 is 0 Å². The molecule has 110 valence electrons. The van der Waals surface area contributed by atoms with E-state index >= 15 is 0 Å². The Labute approximate surface area is 130 Å². The first-order valence-corrected chi connectivity index (χ1v) is 7.73. The van der Waals surface area contributed by atoms with Gasteiger partial charge in [-0.3, -0.25) is 0 Å². The van der Waals surface area contributed by atoms with Crippen molar-refractivity contribution in [1.29, 1.82) is 0 Å². The minimum atomic E-state index is -0.900. The maximum atomic E-state index is 10.6. The standard InChI is InChI=1S/C20H18O2/c21-19(22)8-6-14-5-7-17-12-20(13-18(17)9-14)10-15-3-1-2-4-16(15)11-20/h1-9H,10-13H2,(H,21,22)/b8-6-. The second kappa shape index (κ2) is 4.84. The molecule has 2 aromatic rings. The largest absolute Gasteiger partial charge is 0.478 e. The molecule has 1 spiro atoms. The monoisotopic (exact) mass is 290 g/mol. The fraction of sp³-hybridized carbons (Fsp3) is 0.250. The Kier molecular flexibility index (Phi) is 2.93. The molecule has 0 aliphatic heterocycles. The van der Waals surface area contributed by atoms with Gasteiger partial charge in [0.05, 0.1) is 0 Å². The van der Waals surface area contributed by atoms with Gasteiger partial charge in [0.25, 0.3) is 0 Å². The van der Waals surface area contributed by atoms with Gasteiger partial charge in [-0.15, -0.1) is 0 Å². The lowest BCUT2D eigenvalue weighted by Crippen LogP contribution is -2.21. The van der Waals surface area contributed by atoms with Crippen LogP contribution in [0.5, 0.6) is 0 Å². The number of benzene rings is 2. The smallest absolute Gasteiger partial charge is 0.328 e. The summed E-state index contributed by atoms with van der Waals surface area (Å²) >= 11 is 0. The van der Waals surface area contributed by atoms with Gasteiger partial charge in [-0.1, -0.05) is 42.5 Å². The second-order valence-electron chi connectivity index (χ2n) is 6.68. The third-order valence-corrected chi connectivity index (χ3v) is 5.03. The molecule has 0 fully saturated rings. The van der Waals surface area contributed by atoms with Gasteiger partial charge in [0, 0.05) is 6.08 Å². The summed E-state index contributed by atoms with van der Waals surface area (Å²) in [5.74, 6) is -0.900. The fourth-order valence-corrected chi connectivity index (χ4v) is 4.15. The van der Waals surface area contributed by atoms with E-state index in [0.717, 1.165) is 31.2 Å². The molecule has 0 aromatic heterocycles. The molecule has 22 heavy (non-hydrogen) atoms. The Morgan fingerprint density at radius 3 is 2.14 bits per heavy atom. The number of carboxylic acid groups (broad SMARTS) is 1. The van der Waals surface area contributed by atoms with Gasteiger partial charge in [-0.05, 0) is 65.0 Å². The molecule has 2 nitrogen and oxygen atoms in total. The molecular weight excluding hydrogens is 272 g/mol. The Balaban J connectivity index is 1.61. The van der Waals surface area contributed by atoms with Crippen LogP contribution in [0.25, 0.3) is 6.08 Å². The molecule has 4 rings (SSSR count). The van der Waals surface area contributed by atoms with Gasteiger partial charge in [0.2, 0.25) is 0 Å². The van der Waals surface area contributed by atoms with Crippen molar-refractivity contribution in [2.24, 2.45) is 5.41 Å². The number of rotatable bonds is 2. The first-order valence-electron chi connectivity index (χ1n) is 7.73. The van der Waals surface area contributed by atoms with E-state index in [1.807, 2.05) is 6.07 Å². The second-order valence-corrected chi connectivity index (χ2v) is 6.68. The number of hydrogen-bond donors (Lipinski definition) is 1. The summed E-state index contributed by atoms with van der Waals surface area (Å²) in [6.45, 7) is 0. The Hall–Kier alpha value is -2.35. The van der Waals surface area contributed by atoms with E-state index in [1.54, 1.807) is 6.08 Å². The highest BCUT2D eigenvalue weighted by molar-refractivity contribution is 5.85. The van der Waals surface area contributed by atoms with Gasteiger partial charge in [0.15, 0.2) is 0 Å². The van der Waals surface area contributed by atoms with E-state index in [4.69, 9.17) is 5.11 Å². The van der Waals surface area contributed by atoms with Crippen LogP contribution in [-0.4, -0.2) is 11.1 Å². The zero-order valence-electron chi connectivity index (χ0n) is 12.4. The Bertz CT molecular complexity index is 761. The molecule has 0 amide bonds. The number of carbonyl (C=O) groups is 1. The van der Waals surface area contributed by atoms with Gasteiger partial charge in [-0.25, -0.2) is 4.79 Å². The SMILES string of the molecule is O=C(O)/C=C\c1ccc2c(c1)CC1(Cc3ccccc3C1)C2. The lowest BCUT2D eigenvalue weighted by atomic mass is 9.82.